The van der Waals surface area contributed by atoms with Crippen molar-refractivity contribution in [3.05, 3.63) is 77.9 Å². The molecule has 1 N–H and O–H groups in total. The molecule has 0 spiro atoms. The molecule has 0 fully saturated rings. The highest BCUT2D eigenvalue weighted by atomic mass is 16.5. The summed E-state index contributed by atoms with van der Waals surface area (Å²) in [6.07, 6.45) is 0. The first kappa shape index (κ1) is 19.3. The highest BCUT2D eigenvalue weighted by Gasteiger charge is 2.12. The fourth-order valence-corrected chi connectivity index (χ4v) is 2.68. The van der Waals surface area contributed by atoms with Gasteiger partial charge in [-0.2, -0.15) is 0 Å². The topological polar surface area (TPSA) is 56.8 Å². The number of rotatable bonds is 7. The number of ether oxygens (including phenoxy) is 3. The Kier molecular flexibility index (Phi) is 6.17. The smallest absolute Gasteiger partial charge is 0.221 e. The van der Waals surface area contributed by atoms with E-state index in [1.807, 2.05) is 67.6 Å². The number of nitrogens with one attached hydrogen (secondary N) is 1. The molecular formula is C23H23NO4. The Morgan fingerprint density at radius 1 is 0.929 bits per heavy atom. The number of amides is 1. The van der Waals surface area contributed by atoms with Crippen molar-refractivity contribution in [2.45, 2.75) is 20.5 Å². The van der Waals surface area contributed by atoms with Gasteiger partial charge in [0.15, 0.2) is 0 Å². The van der Waals surface area contributed by atoms with Crippen LogP contribution in [0.15, 0.2) is 66.7 Å². The number of carbonyl (C=O) groups excluding carboxylic acids is 1. The summed E-state index contributed by atoms with van der Waals surface area (Å²) in [6.45, 7) is 3.81. The molecule has 144 valence electrons. The number of aryl methyl sites for hydroxylation is 1. The Balaban J connectivity index is 1.84. The maximum Gasteiger partial charge on any atom is 0.221 e. The second-order valence-electron chi connectivity index (χ2n) is 6.35. The Morgan fingerprint density at radius 3 is 2.25 bits per heavy atom. The maximum atomic E-state index is 11.6. The van der Waals surface area contributed by atoms with Crippen molar-refractivity contribution in [3.8, 4) is 23.0 Å². The minimum Gasteiger partial charge on any atom is -0.497 e. The standard InChI is InChI=1S/C23H23NO4/c1-16-13-23(27-15-18-7-5-4-6-8-18)21(24-17(2)25)14-22(16)28-20-11-9-19(26-3)10-12-20/h4-14H,15H2,1-3H3,(H,24,25). The molecule has 5 nitrogen and oxygen atoms in total. The lowest BCUT2D eigenvalue weighted by Gasteiger charge is -2.16. The molecule has 1 amide bonds. The van der Waals surface area contributed by atoms with Crippen LogP contribution in [0.25, 0.3) is 0 Å². The van der Waals surface area contributed by atoms with Gasteiger partial charge in [-0.25, -0.2) is 0 Å². The fourth-order valence-electron chi connectivity index (χ4n) is 2.68. The first-order chi connectivity index (χ1) is 13.5. The average Bonchev–Trinajstić information content (AvgIpc) is 2.70. The SMILES string of the molecule is COc1ccc(Oc2cc(NC(C)=O)c(OCc3ccccc3)cc2C)cc1. The Morgan fingerprint density at radius 2 is 1.61 bits per heavy atom. The Hall–Kier alpha value is -3.47. The molecule has 0 bridgehead atoms. The second-order valence-corrected chi connectivity index (χ2v) is 6.35. The first-order valence-corrected chi connectivity index (χ1v) is 8.96. The molecule has 0 unspecified atom stereocenters. The predicted octanol–water partition coefficient (Wildman–Crippen LogP) is 5.33. The van der Waals surface area contributed by atoms with Crippen molar-refractivity contribution in [1.29, 1.82) is 0 Å². The number of hydrogen-bond donors (Lipinski definition) is 1. The van der Waals surface area contributed by atoms with Crippen LogP contribution in [0.4, 0.5) is 5.69 Å². The molecular weight excluding hydrogens is 354 g/mol. The maximum absolute atomic E-state index is 11.6. The summed E-state index contributed by atoms with van der Waals surface area (Å²) in [5.41, 5.74) is 2.51. The highest BCUT2D eigenvalue weighted by Crippen LogP contribution is 2.36. The fraction of sp³-hybridized carbons (Fsp3) is 0.174. The van der Waals surface area contributed by atoms with Gasteiger partial charge in [-0.1, -0.05) is 30.3 Å². The van der Waals surface area contributed by atoms with E-state index in [4.69, 9.17) is 14.2 Å². The Bertz CT molecular complexity index is 937. The van der Waals surface area contributed by atoms with E-state index in [2.05, 4.69) is 5.32 Å². The van der Waals surface area contributed by atoms with Crippen molar-refractivity contribution < 1.29 is 19.0 Å². The van der Waals surface area contributed by atoms with Crippen LogP contribution < -0.4 is 19.5 Å². The number of anilines is 1. The molecule has 0 saturated carbocycles. The minimum absolute atomic E-state index is 0.177. The zero-order chi connectivity index (χ0) is 19.9. The van der Waals surface area contributed by atoms with Crippen LogP contribution in [-0.2, 0) is 11.4 Å². The molecule has 0 heterocycles. The van der Waals surface area contributed by atoms with E-state index in [-0.39, 0.29) is 5.91 Å². The van der Waals surface area contributed by atoms with E-state index in [0.717, 1.165) is 16.9 Å². The molecule has 3 aromatic rings. The lowest BCUT2D eigenvalue weighted by molar-refractivity contribution is -0.114. The summed E-state index contributed by atoms with van der Waals surface area (Å²) in [7, 11) is 1.62. The van der Waals surface area contributed by atoms with Crippen LogP contribution >= 0.6 is 0 Å². The van der Waals surface area contributed by atoms with Gasteiger partial charge in [0, 0.05) is 13.0 Å². The summed E-state index contributed by atoms with van der Waals surface area (Å²) in [5, 5.41) is 2.82. The molecule has 0 saturated heterocycles. The van der Waals surface area contributed by atoms with Crippen molar-refractivity contribution in [1.82, 2.24) is 0 Å². The largest absolute Gasteiger partial charge is 0.497 e. The van der Waals surface area contributed by atoms with E-state index >= 15 is 0 Å². The van der Waals surface area contributed by atoms with Crippen LogP contribution in [-0.4, -0.2) is 13.0 Å². The number of carbonyl (C=O) groups is 1. The molecule has 3 aromatic carbocycles. The molecule has 28 heavy (non-hydrogen) atoms. The number of benzene rings is 3. The normalized spacial score (nSPS) is 10.2. The van der Waals surface area contributed by atoms with Gasteiger partial charge in [0.25, 0.3) is 0 Å². The van der Waals surface area contributed by atoms with E-state index < -0.39 is 0 Å². The molecule has 0 aromatic heterocycles. The molecule has 0 aliphatic carbocycles. The van der Waals surface area contributed by atoms with E-state index in [1.54, 1.807) is 13.2 Å². The highest BCUT2D eigenvalue weighted by molar-refractivity contribution is 5.91. The lowest BCUT2D eigenvalue weighted by atomic mass is 10.1. The first-order valence-electron chi connectivity index (χ1n) is 8.96. The van der Waals surface area contributed by atoms with Gasteiger partial charge in [0.05, 0.1) is 12.8 Å². The van der Waals surface area contributed by atoms with Crippen LogP contribution in [0.1, 0.15) is 18.1 Å². The molecule has 3 rings (SSSR count). The predicted molar refractivity (Wildman–Crippen MR) is 109 cm³/mol. The van der Waals surface area contributed by atoms with E-state index in [1.165, 1.54) is 6.92 Å². The summed E-state index contributed by atoms with van der Waals surface area (Å²) >= 11 is 0. The van der Waals surface area contributed by atoms with Crippen LogP contribution in [0, 0.1) is 6.92 Å². The second kappa shape index (κ2) is 8.95. The third-order valence-electron chi connectivity index (χ3n) is 4.11. The third kappa shape index (κ3) is 5.04. The van der Waals surface area contributed by atoms with Crippen LogP contribution in [0.5, 0.6) is 23.0 Å². The van der Waals surface area contributed by atoms with Gasteiger partial charge in [-0.05, 0) is 48.4 Å². The summed E-state index contributed by atoms with van der Waals surface area (Å²) in [5.74, 6) is 2.49. The monoisotopic (exact) mass is 377 g/mol. The molecule has 0 aliphatic rings. The van der Waals surface area contributed by atoms with Crippen molar-refractivity contribution >= 4 is 11.6 Å². The van der Waals surface area contributed by atoms with E-state index in [0.29, 0.717) is 29.5 Å². The van der Waals surface area contributed by atoms with Crippen LogP contribution in [0.3, 0.4) is 0 Å². The van der Waals surface area contributed by atoms with Gasteiger partial charge in [-0.15, -0.1) is 0 Å². The van der Waals surface area contributed by atoms with Gasteiger partial charge >= 0.3 is 0 Å². The molecule has 0 aliphatic heterocycles. The third-order valence-corrected chi connectivity index (χ3v) is 4.11. The van der Waals surface area contributed by atoms with Gasteiger partial charge in [-0.3, -0.25) is 4.79 Å². The van der Waals surface area contributed by atoms with Crippen molar-refractivity contribution in [2.24, 2.45) is 0 Å². The Labute approximate surface area is 164 Å². The summed E-state index contributed by atoms with van der Waals surface area (Å²) in [6, 6.07) is 20.8. The number of hydrogen-bond acceptors (Lipinski definition) is 4. The minimum atomic E-state index is -0.177. The van der Waals surface area contributed by atoms with Crippen molar-refractivity contribution in [3.63, 3.8) is 0 Å². The zero-order valence-corrected chi connectivity index (χ0v) is 16.2. The molecule has 0 atom stereocenters. The average molecular weight is 377 g/mol. The van der Waals surface area contributed by atoms with Gasteiger partial charge in [0.2, 0.25) is 5.91 Å². The lowest BCUT2D eigenvalue weighted by Crippen LogP contribution is -2.08. The van der Waals surface area contributed by atoms with Crippen LogP contribution in [0.2, 0.25) is 0 Å². The summed E-state index contributed by atoms with van der Waals surface area (Å²) in [4.78, 5) is 11.6. The quantitative estimate of drug-likeness (QED) is 0.604. The van der Waals surface area contributed by atoms with Gasteiger partial charge < -0.3 is 19.5 Å². The van der Waals surface area contributed by atoms with Crippen molar-refractivity contribution in [2.75, 3.05) is 12.4 Å². The summed E-state index contributed by atoms with van der Waals surface area (Å²) < 4.78 is 17.1. The molecule has 0 radical (unpaired) electrons. The molecule has 5 heteroatoms. The number of methoxy groups -OCH3 is 1. The van der Waals surface area contributed by atoms with E-state index in [9.17, 15) is 4.79 Å². The zero-order valence-electron chi connectivity index (χ0n) is 16.2. The van der Waals surface area contributed by atoms with Gasteiger partial charge in [0.1, 0.15) is 29.6 Å².